The molecular formula is C24H26N4O3S. The summed E-state index contributed by atoms with van der Waals surface area (Å²) >= 11 is 1.67. The first-order chi connectivity index (χ1) is 15.4. The van der Waals surface area contributed by atoms with Gasteiger partial charge in [-0.2, -0.15) is 16.9 Å². The molecule has 1 N–H and O–H groups in total. The Morgan fingerprint density at radius 3 is 2.41 bits per heavy atom. The van der Waals surface area contributed by atoms with Gasteiger partial charge < -0.3 is 10.1 Å². The first-order valence-electron chi connectivity index (χ1n) is 10.4. The maximum absolute atomic E-state index is 12.4. The molecule has 3 aromatic rings. The number of thioether (sulfide) groups is 1. The van der Waals surface area contributed by atoms with Crippen molar-refractivity contribution >= 4 is 23.7 Å². The summed E-state index contributed by atoms with van der Waals surface area (Å²) in [5.41, 5.74) is 3.15. The quantitative estimate of drug-likeness (QED) is 0.413. The van der Waals surface area contributed by atoms with Crippen LogP contribution < -0.4 is 10.1 Å². The predicted molar refractivity (Wildman–Crippen MR) is 126 cm³/mol. The monoisotopic (exact) mass is 450 g/mol. The molecule has 2 aromatic carbocycles. The predicted octanol–water partition coefficient (Wildman–Crippen LogP) is 4.11. The molecule has 4 rings (SSSR count). The second kappa shape index (κ2) is 9.08. The molecule has 2 heterocycles. The number of rotatable bonds is 8. The molecule has 1 saturated heterocycles. The molecule has 3 amide bonds. The van der Waals surface area contributed by atoms with Crippen molar-refractivity contribution in [2.75, 3.05) is 19.4 Å². The van der Waals surface area contributed by atoms with E-state index >= 15 is 0 Å². The lowest BCUT2D eigenvalue weighted by molar-refractivity contribution is -0.130. The van der Waals surface area contributed by atoms with Crippen LogP contribution in [-0.2, 0) is 10.5 Å². The van der Waals surface area contributed by atoms with Crippen molar-refractivity contribution in [2.24, 2.45) is 0 Å². The fourth-order valence-electron chi connectivity index (χ4n) is 3.58. The average molecular weight is 451 g/mol. The van der Waals surface area contributed by atoms with Crippen LogP contribution in [0.2, 0.25) is 0 Å². The number of aromatic nitrogens is 2. The van der Waals surface area contributed by atoms with Gasteiger partial charge in [-0.05, 0) is 50.2 Å². The maximum Gasteiger partial charge on any atom is 0.325 e. The lowest BCUT2D eigenvalue weighted by Crippen LogP contribution is -2.40. The summed E-state index contributed by atoms with van der Waals surface area (Å²) < 4.78 is 7.16. The minimum atomic E-state index is -0.833. The Morgan fingerprint density at radius 2 is 1.78 bits per heavy atom. The molecule has 0 radical (unpaired) electrons. The largest absolute Gasteiger partial charge is 0.497 e. The molecule has 0 unspecified atom stereocenters. The summed E-state index contributed by atoms with van der Waals surface area (Å²) in [6, 6.07) is 17.5. The normalized spacial score (nSPS) is 15.2. The van der Waals surface area contributed by atoms with Gasteiger partial charge in [-0.3, -0.25) is 9.69 Å². The number of nitrogens with one attached hydrogen (secondary N) is 1. The fraction of sp³-hybridized carbons (Fsp3) is 0.292. The minimum Gasteiger partial charge on any atom is -0.497 e. The third kappa shape index (κ3) is 4.50. The van der Waals surface area contributed by atoms with Gasteiger partial charge >= 0.3 is 6.03 Å². The van der Waals surface area contributed by atoms with Gasteiger partial charge in [0.15, 0.2) is 0 Å². The van der Waals surface area contributed by atoms with Crippen LogP contribution in [0.5, 0.6) is 5.75 Å². The summed E-state index contributed by atoms with van der Waals surface area (Å²) in [5.74, 6) is 1.97. The van der Waals surface area contributed by atoms with Crippen LogP contribution in [-0.4, -0.2) is 51.6 Å². The van der Waals surface area contributed by atoms with Gasteiger partial charge in [-0.25, -0.2) is 9.48 Å². The van der Waals surface area contributed by atoms with E-state index in [1.165, 1.54) is 4.90 Å². The van der Waals surface area contributed by atoms with Crippen LogP contribution in [0, 0.1) is 0 Å². The molecule has 32 heavy (non-hydrogen) atoms. The van der Waals surface area contributed by atoms with Crippen molar-refractivity contribution in [3.63, 3.8) is 0 Å². The number of amides is 3. The third-order valence-electron chi connectivity index (χ3n) is 5.34. The van der Waals surface area contributed by atoms with E-state index < -0.39 is 5.54 Å². The van der Waals surface area contributed by atoms with E-state index in [-0.39, 0.29) is 11.9 Å². The second-order valence-corrected chi connectivity index (χ2v) is 9.18. The molecule has 0 bridgehead atoms. The number of benzene rings is 2. The summed E-state index contributed by atoms with van der Waals surface area (Å²) in [7, 11) is 1.65. The number of imide groups is 1. The highest BCUT2D eigenvalue weighted by atomic mass is 32.2. The molecule has 1 aromatic heterocycles. The molecular weight excluding hydrogens is 424 g/mol. The molecule has 7 nitrogen and oxygen atoms in total. The van der Waals surface area contributed by atoms with Gasteiger partial charge in [0.25, 0.3) is 5.91 Å². The number of nitrogens with zero attached hydrogens (tertiary/aromatic N) is 3. The van der Waals surface area contributed by atoms with Crippen LogP contribution in [0.15, 0.2) is 60.8 Å². The van der Waals surface area contributed by atoms with Crippen LogP contribution in [0.25, 0.3) is 16.9 Å². The fourth-order valence-corrected chi connectivity index (χ4v) is 4.47. The van der Waals surface area contributed by atoms with E-state index in [0.29, 0.717) is 18.1 Å². The number of methoxy groups -OCH3 is 1. The van der Waals surface area contributed by atoms with E-state index in [1.54, 1.807) is 32.7 Å². The first-order valence-corrected chi connectivity index (χ1v) is 11.5. The highest BCUT2D eigenvalue weighted by Gasteiger charge is 2.43. The molecule has 0 atom stereocenters. The van der Waals surface area contributed by atoms with E-state index in [9.17, 15) is 9.59 Å². The summed E-state index contributed by atoms with van der Waals surface area (Å²) in [5, 5.41) is 7.56. The Kier molecular flexibility index (Phi) is 6.23. The molecule has 0 aliphatic carbocycles. The van der Waals surface area contributed by atoms with Gasteiger partial charge in [0.05, 0.1) is 18.5 Å². The highest BCUT2D eigenvalue weighted by Crippen LogP contribution is 2.28. The van der Waals surface area contributed by atoms with Crippen molar-refractivity contribution < 1.29 is 14.3 Å². The molecule has 8 heteroatoms. The van der Waals surface area contributed by atoms with Crippen LogP contribution in [0.3, 0.4) is 0 Å². The Labute approximate surface area is 191 Å². The molecule has 1 aliphatic heterocycles. The van der Waals surface area contributed by atoms with Gasteiger partial charge in [-0.1, -0.05) is 18.2 Å². The Morgan fingerprint density at radius 1 is 1.06 bits per heavy atom. The Balaban J connectivity index is 1.50. The van der Waals surface area contributed by atoms with Gasteiger partial charge in [0.2, 0.25) is 0 Å². The number of urea groups is 1. The number of ether oxygens (including phenoxy) is 1. The van der Waals surface area contributed by atoms with Crippen LogP contribution in [0.4, 0.5) is 4.79 Å². The summed E-state index contributed by atoms with van der Waals surface area (Å²) in [6.45, 7) is 3.82. The van der Waals surface area contributed by atoms with Crippen molar-refractivity contribution in [1.29, 1.82) is 0 Å². The smallest absolute Gasteiger partial charge is 0.325 e. The Bertz CT molecular complexity index is 1110. The van der Waals surface area contributed by atoms with Gasteiger partial charge in [-0.15, -0.1) is 0 Å². The standard InChI is InChI=1S/C24H26N4O3S/c1-24(2)22(29)27(23(30)25-24)13-14-32-16-18-15-28(19-7-5-4-6-8-19)26-21(18)17-9-11-20(31-3)12-10-17/h4-12,15H,13-14,16H2,1-3H3,(H,25,30). The lowest BCUT2D eigenvalue weighted by Gasteiger charge is -2.15. The van der Waals surface area contributed by atoms with Crippen molar-refractivity contribution in [3.05, 3.63) is 66.4 Å². The van der Waals surface area contributed by atoms with Crippen LogP contribution >= 0.6 is 11.8 Å². The van der Waals surface area contributed by atoms with E-state index in [4.69, 9.17) is 9.84 Å². The second-order valence-electron chi connectivity index (χ2n) is 8.08. The number of para-hydroxylation sites is 1. The third-order valence-corrected chi connectivity index (χ3v) is 6.32. The Hall–Kier alpha value is -3.26. The first kappa shape index (κ1) is 22.0. The van der Waals surface area contributed by atoms with E-state index in [2.05, 4.69) is 5.32 Å². The molecule has 0 saturated carbocycles. The molecule has 0 spiro atoms. The molecule has 166 valence electrons. The lowest BCUT2D eigenvalue weighted by atomic mass is 10.1. The molecule has 1 fully saturated rings. The summed E-state index contributed by atoms with van der Waals surface area (Å²) in [4.78, 5) is 25.7. The average Bonchev–Trinajstić information content (AvgIpc) is 3.30. The molecule has 1 aliphatic rings. The highest BCUT2D eigenvalue weighted by molar-refractivity contribution is 7.98. The maximum atomic E-state index is 12.4. The van der Waals surface area contributed by atoms with Crippen molar-refractivity contribution in [2.45, 2.75) is 25.1 Å². The van der Waals surface area contributed by atoms with Crippen LogP contribution in [0.1, 0.15) is 19.4 Å². The van der Waals surface area contributed by atoms with E-state index in [0.717, 1.165) is 28.3 Å². The number of carbonyl (C=O) groups is 2. The topological polar surface area (TPSA) is 76.5 Å². The summed E-state index contributed by atoms with van der Waals surface area (Å²) in [6.07, 6.45) is 2.04. The van der Waals surface area contributed by atoms with E-state index in [1.807, 2.05) is 65.5 Å². The zero-order chi connectivity index (χ0) is 22.7. The number of hydrogen-bond acceptors (Lipinski definition) is 5. The number of carbonyl (C=O) groups excluding carboxylic acids is 2. The van der Waals surface area contributed by atoms with Crippen molar-refractivity contribution in [3.8, 4) is 22.7 Å². The SMILES string of the molecule is COc1ccc(-c2nn(-c3ccccc3)cc2CSCCN2C(=O)NC(C)(C)C2=O)cc1. The minimum absolute atomic E-state index is 0.182. The zero-order valence-electron chi connectivity index (χ0n) is 18.4. The van der Waals surface area contributed by atoms with Gasteiger partial charge in [0.1, 0.15) is 11.3 Å². The zero-order valence-corrected chi connectivity index (χ0v) is 19.2. The number of hydrogen-bond donors (Lipinski definition) is 1. The van der Waals surface area contributed by atoms with Gasteiger partial charge in [0, 0.05) is 35.4 Å². The van der Waals surface area contributed by atoms with Crippen molar-refractivity contribution in [1.82, 2.24) is 20.0 Å².